The van der Waals surface area contributed by atoms with E-state index < -0.39 is 11.9 Å². The van der Waals surface area contributed by atoms with Crippen LogP contribution in [0.4, 0.5) is 13.2 Å². The van der Waals surface area contributed by atoms with Crippen molar-refractivity contribution in [3.8, 4) is 0 Å². The van der Waals surface area contributed by atoms with E-state index in [4.69, 9.17) is 0 Å². The number of alkyl halides is 3. The molecule has 0 bridgehead atoms. The fraction of sp³-hybridized carbons (Fsp3) is 0.400. The molecule has 2 aromatic rings. The van der Waals surface area contributed by atoms with Crippen LogP contribution in [0.5, 0.6) is 0 Å². The molecular weight excluding hydrogens is 279 g/mol. The van der Waals surface area contributed by atoms with Gasteiger partial charge in [0.1, 0.15) is 0 Å². The molecule has 0 spiro atoms. The summed E-state index contributed by atoms with van der Waals surface area (Å²) in [4.78, 5) is 0. The van der Waals surface area contributed by atoms with Crippen LogP contribution >= 0.6 is 0 Å². The van der Waals surface area contributed by atoms with Crippen LogP contribution in [0, 0.1) is 0 Å². The van der Waals surface area contributed by atoms with Crippen LogP contribution < -0.4 is 5.32 Å². The molecule has 0 fully saturated rings. The summed E-state index contributed by atoms with van der Waals surface area (Å²) in [6, 6.07) is 9.13. The van der Waals surface area contributed by atoms with Crippen LogP contribution in [0.15, 0.2) is 36.5 Å². The predicted octanol–water partition coefficient (Wildman–Crippen LogP) is 3.45. The molecule has 0 radical (unpaired) electrons. The smallest absolute Gasteiger partial charge is 0.310 e. The Morgan fingerprint density at radius 2 is 1.90 bits per heavy atom. The second-order valence-electron chi connectivity index (χ2n) is 5.25. The lowest BCUT2D eigenvalue weighted by Gasteiger charge is -2.09. The van der Waals surface area contributed by atoms with Gasteiger partial charge in [0.15, 0.2) is 5.69 Å². The van der Waals surface area contributed by atoms with Gasteiger partial charge in [-0.1, -0.05) is 38.1 Å². The Labute approximate surface area is 121 Å². The molecule has 0 amide bonds. The number of hydrogen-bond acceptors (Lipinski definition) is 2. The highest BCUT2D eigenvalue weighted by molar-refractivity contribution is 5.23. The second-order valence-corrected chi connectivity index (χ2v) is 5.25. The first kappa shape index (κ1) is 15.6. The van der Waals surface area contributed by atoms with Gasteiger partial charge in [-0.2, -0.15) is 18.3 Å². The van der Waals surface area contributed by atoms with Gasteiger partial charge in [-0.15, -0.1) is 0 Å². The minimum atomic E-state index is -4.39. The third kappa shape index (κ3) is 4.60. The van der Waals surface area contributed by atoms with Crippen LogP contribution in [0.3, 0.4) is 0 Å². The molecule has 3 nitrogen and oxygen atoms in total. The first-order valence-electron chi connectivity index (χ1n) is 6.76. The highest BCUT2D eigenvalue weighted by Crippen LogP contribution is 2.27. The minimum absolute atomic E-state index is 0.325. The molecule has 2 rings (SSSR count). The van der Waals surface area contributed by atoms with E-state index in [9.17, 15) is 13.2 Å². The van der Waals surface area contributed by atoms with Gasteiger partial charge < -0.3 is 5.32 Å². The fourth-order valence-electron chi connectivity index (χ4n) is 1.95. The lowest BCUT2D eigenvalue weighted by Crippen LogP contribution is -2.21. The normalized spacial score (nSPS) is 12.1. The van der Waals surface area contributed by atoms with E-state index in [1.807, 2.05) is 24.3 Å². The van der Waals surface area contributed by atoms with Crippen LogP contribution in [0.2, 0.25) is 0 Å². The topological polar surface area (TPSA) is 29.9 Å². The van der Waals surface area contributed by atoms with E-state index in [-0.39, 0.29) is 0 Å². The minimum Gasteiger partial charge on any atom is -0.310 e. The zero-order chi connectivity index (χ0) is 15.5. The fourth-order valence-corrected chi connectivity index (χ4v) is 1.95. The maximum absolute atomic E-state index is 12.5. The average Bonchev–Trinajstić information content (AvgIpc) is 2.85. The van der Waals surface area contributed by atoms with Gasteiger partial charge in [-0.05, 0) is 17.2 Å². The summed E-state index contributed by atoms with van der Waals surface area (Å²) in [5.74, 6) is 0. The monoisotopic (exact) mass is 297 g/mol. The summed E-state index contributed by atoms with van der Waals surface area (Å²) in [6.45, 7) is 5.18. The van der Waals surface area contributed by atoms with Crippen molar-refractivity contribution < 1.29 is 13.2 Å². The van der Waals surface area contributed by atoms with E-state index >= 15 is 0 Å². The quantitative estimate of drug-likeness (QED) is 0.916. The average molecular weight is 297 g/mol. The van der Waals surface area contributed by atoms with Gasteiger partial charge in [-0.3, -0.25) is 4.68 Å². The number of halogens is 3. The standard InChI is InChI=1S/C15H18F3N3/c1-11(2)19-9-12-4-3-5-13(8-12)10-21-7-6-14(20-21)15(16,17)18/h3-8,11,19H,9-10H2,1-2H3. The van der Waals surface area contributed by atoms with E-state index in [1.54, 1.807) is 0 Å². The van der Waals surface area contributed by atoms with Gasteiger partial charge in [0.05, 0.1) is 6.54 Å². The largest absolute Gasteiger partial charge is 0.435 e. The van der Waals surface area contributed by atoms with E-state index in [2.05, 4.69) is 24.3 Å². The molecule has 0 aliphatic carbocycles. The molecule has 1 N–H and O–H groups in total. The Morgan fingerprint density at radius 3 is 2.52 bits per heavy atom. The molecule has 1 aromatic heterocycles. The SMILES string of the molecule is CC(C)NCc1cccc(Cn2ccc(C(F)(F)F)n2)c1. The lowest BCUT2D eigenvalue weighted by atomic mass is 10.1. The summed E-state index contributed by atoms with van der Waals surface area (Å²) in [6.07, 6.45) is -3.05. The van der Waals surface area contributed by atoms with Crippen molar-refractivity contribution in [3.05, 3.63) is 53.3 Å². The predicted molar refractivity (Wildman–Crippen MR) is 74.7 cm³/mol. The zero-order valence-corrected chi connectivity index (χ0v) is 12.0. The molecule has 1 aromatic carbocycles. The molecule has 114 valence electrons. The van der Waals surface area contributed by atoms with Gasteiger partial charge >= 0.3 is 6.18 Å². The van der Waals surface area contributed by atoms with E-state index in [0.717, 1.165) is 23.7 Å². The van der Waals surface area contributed by atoms with Crippen molar-refractivity contribution in [1.82, 2.24) is 15.1 Å². The number of rotatable bonds is 5. The van der Waals surface area contributed by atoms with Crippen LogP contribution in [-0.4, -0.2) is 15.8 Å². The molecule has 0 aliphatic heterocycles. The third-order valence-corrected chi connectivity index (χ3v) is 2.98. The van der Waals surface area contributed by atoms with Crippen LogP contribution in [0.25, 0.3) is 0 Å². The molecule has 1 heterocycles. The summed E-state index contributed by atoms with van der Waals surface area (Å²) >= 11 is 0. The highest BCUT2D eigenvalue weighted by atomic mass is 19.4. The van der Waals surface area contributed by atoms with E-state index in [1.165, 1.54) is 10.9 Å². The molecule has 0 unspecified atom stereocenters. The Balaban J connectivity index is 2.06. The van der Waals surface area contributed by atoms with Crippen molar-refractivity contribution in [2.45, 2.75) is 39.2 Å². The molecular formula is C15H18F3N3. The lowest BCUT2D eigenvalue weighted by molar-refractivity contribution is -0.141. The van der Waals surface area contributed by atoms with Crippen LogP contribution in [-0.2, 0) is 19.3 Å². The molecule has 0 atom stereocenters. The number of nitrogens with one attached hydrogen (secondary N) is 1. The van der Waals surface area contributed by atoms with Gasteiger partial charge in [0, 0.05) is 18.8 Å². The summed E-state index contributed by atoms with van der Waals surface area (Å²) < 4.78 is 38.8. The summed E-state index contributed by atoms with van der Waals surface area (Å²) in [5, 5.41) is 6.86. The second kappa shape index (κ2) is 6.30. The number of aromatic nitrogens is 2. The molecule has 6 heteroatoms. The Bertz CT molecular complexity index is 588. The Kier molecular flexibility index (Phi) is 4.67. The molecule has 0 saturated carbocycles. The van der Waals surface area contributed by atoms with Crippen LogP contribution in [0.1, 0.15) is 30.7 Å². The van der Waals surface area contributed by atoms with Gasteiger partial charge in [0.2, 0.25) is 0 Å². The maximum Gasteiger partial charge on any atom is 0.435 e. The summed E-state index contributed by atoms with van der Waals surface area (Å²) in [7, 11) is 0. The first-order valence-corrected chi connectivity index (χ1v) is 6.76. The Morgan fingerprint density at radius 1 is 1.19 bits per heavy atom. The van der Waals surface area contributed by atoms with Crippen molar-refractivity contribution in [2.75, 3.05) is 0 Å². The zero-order valence-electron chi connectivity index (χ0n) is 12.0. The van der Waals surface area contributed by atoms with Crippen molar-refractivity contribution in [2.24, 2.45) is 0 Å². The van der Waals surface area contributed by atoms with Crippen molar-refractivity contribution in [3.63, 3.8) is 0 Å². The third-order valence-electron chi connectivity index (χ3n) is 2.98. The Hall–Kier alpha value is -1.82. The number of hydrogen-bond donors (Lipinski definition) is 1. The van der Waals surface area contributed by atoms with Gasteiger partial charge in [-0.25, -0.2) is 0 Å². The molecule has 0 aliphatic rings. The first-order chi connectivity index (χ1) is 9.84. The molecule has 0 saturated heterocycles. The maximum atomic E-state index is 12.5. The van der Waals surface area contributed by atoms with Gasteiger partial charge in [0.25, 0.3) is 0 Å². The number of nitrogens with zero attached hydrogens (tertiary/aromatic N) is 2. The summed E-state index contributed by atoms with van der Waals surface area (Å²) in [5.41, 5.74) is 1.17. The van der Waals surface area contributed by atoms with Crippen molar-refractivity contribution in [1.29, 1.82) is 0 Å². The van der Waals surface area contributed by atoms with Crippen molar-refractivity contribution >= 4 is 0 Å². The van der Waals surface area contributed by atoms with E-state index in [0.29, 0.717) is 12.6 Å². The highest BCUT2D eigenvalue weighted by Gasteiger charge is 2.33. The number of benzene rings is 1. The molecule has 21 heavy (non-hydrogen) atoms.